The third kappa shape index (κ3) is 7.03. The van der Waals surface area contributed by atoms with Crippen LogP contribution < -0.4 is 15.4 Å². The van der Waals surface area contributed by atoms with Gasteiger partial charge in [0.1, 0.15) is 5.75 Å². The van der Waals surface area contributed by atoms with Gasteiger partial charge in [-0.1, -0.05) is 65.7 Å². The van der Waals surface area contributed by atoms with Crippen LogP contribution in [0.25, 0.3) is 11.1 Å². The van der Waals surface area contributed by atoms with Gasteiger partial charge in [0, 0.05) is 23.4 Å². The summed E-state index contributed by atoms with van der Waals surface area (Å²) in [5.74, 6) is -1.41. The molecule has 0 aromatic heterocycles. The predicted molar refractivity (Wildman–Crippen MR) is 122 cm³/mol. The van der Waals surface area contributed by atoms with Gasteiger partial charge in [-0.25, -0.2) is 4.79 Å². The first-order chi connectivity index (χ1) is 16.0. The molecule has 2 amide bonds. The molecule has 34 heavy (non-hydrogen) atoms. The zero-order valence-corrected chi connectivity index (χ0v) is 18.8. The number of hydrogen-bond acceptors (Lipinski definition) is 3. The molecule has 0 aliphatic carbocycles. The molecule has 3 N–H and O–H groups in total. The third-order valence-corrected chi connectivity index (χ3v) is 5.11. The Morgan fingerprint density at radius 3 is 2.12 bits per heavy atom. The zero-order chi connectivity index (χ0) is 24.9. The summed E-state index contributed by atoms with van der Waals surface area (Å²) in [6, 6.07) is 14.3. The molecule has 3 aromatic rings. The Kier molecular flexibility index (Phi) is 7.90. The van der Waals surface area contributed by atoms with Gasteiger partial charge in [0.15, 0.2) is 0 Å². The van der Waals surface area contributed by atoms with Crippen molar-refractivity contribution < 1.29 is 32.6 Å². The van der Waals surface area contributed by atoms with Crippen LogP contribution in [0.4, 0.5) is 23.7 Å². The van der Waals surface area contributed by atoms with Crippen molar-refractivity contribution in [1.82, 2.24) is 5.32 Å². The van der Waals surface area contributed by atoms with E-state index < -0.39 is 24.1 Å². The lowest BCUT2D eigenvalue weighted by Gasteiger charge is -2.16. The monoisotopic (exact) mass is 512 g/mol. The maximum absolute atomic E-state index is 12.7. The highest BCUT2D eigenvalue weighted by molar-refractivity contribution is 6.40. The maximum atomic E-state index is 12.7. The molecule has 0 aliphatic heterocycles. The highest BCUT2D eigenvalue weighted by Gasteiger charge is 2.32. The van der Waals surface area contributed by atoms with Gasteiger partial charge in [0.2, 0.25) is 0 Å². The second-order valence-corrected chi connectivity index (χ2v) is 7.87. The van der Waals surface area contributed by atoms with Crippen molar-refractivity contribution in [2.75, 3.05) is 5.32 Å². The Bertz CT molecular complexity index is 1180. The minimum Gasteiger partial charge on any atom is -0.481 e. The lowest BCUT2D eigenvalue weighted by Crippen LogP contribution is -2.28. The average molecular weight is 513 g/mol. The summed E-state index contributed by atoms with van der Waals surface area (Å²) in [5.41, 5.74) is 1.76. The Morgan fingerprint density at radius 1 is 0.941 bits per heavy atom. The number of amides is 2. The number of benzene rings is 3. The fourth-order valence-corrected chi connectivity index (χ4v) is 3.79. The fraction of sp³-hybridized carbons (Fsp3) is 0.130. The molecule has 0 heterocycles. The number of carboxylic acid groups (broad SMARTS) is 1. The van der Waals surface area contributed by atoms with Gasteiger partial charge >= 0.3 is 18.4 Å². The fourth-order valence-electron chi connectivity index (χ4n) is 3.10. The number of urea groups is 1. The minimum atomic E-state index is -4.90. The first kappa shape index (κ1) is 25.2. The van der Waals surface area contributed by atoms with E-state index in [1.54, 1.807) is 24.3 Å². The molecule has 0 saturated carbocycles. The summed E-state index contributed by atoms with van der Waals surface area (Å²) in [7, 11) is 0. The van der Waals surface area contributed by atoms with Crippen LogP contribution in [-0.4, -0.2) is 23.5 Å². The number of carbonyl (C=O) groups is 2. The quantitative estimate of drug-likeness (QED) is 0.336. The van der Waals surface area contributed by atoms with Crippen molar-refractivity contribution >= 4 is 40.9 Å². The van der Waals surface area contributed by atoms with E-state index >= 15 is 0 Å². The van der Waals surface area contributed by atoms with Gasteiger partial charge in [-0.05, 0) is 29.3 Å². The molecule has 0 saturated heterocycles. The van der Waals surface area contributed by atoms with Gasteiger partial charge in [-0.15, -0.1) is 13.2 Å². The Hall–Kier alpha value is -3.43. The summed E-state index contributed by atoms with van der Waals surface area (Å²) < 4.78 is 42.3. The van der Waals surface area contributed by atoms with Crippen molar-refractivity contribution in [3.05, 3.63) is 81.8 Å². The van der Waals surface area contributed by atoms with E-state index in [9.17, 15) is 22.8 Å². The number of carbonyl (C=O) groups excluding carboxylic acids is 1. The second kappa shape index (κ2) is 10.7. The van der Waals surface area contributed by atoms with Crippen molar-refractivity contribution in [1.29, 1.82) is 0 Å². The standard InChI is InChI=1S/C23H17Cl2F3N2O4/c24-17-10-15(30-22(33)29-12-14-7-5-13(6-8-14)9-20(31)32)11-18(25)21(17)16-3-1-2-4-19(16)34-23(26,27)28/h1-8,10-11H,9,12H2,(H,31,32)(H2,29,30,33). The molecule has 0 aliphatic rings. The van der Waals surface area contributed by atoms with Crippen molar-refractivity contribution in [3.8, 4) is 16.9 Å². The molecule has 0 spiro atoms. The van der Waals surface area contributed by atoms with Crippen molar-refractivity contribution in [3.63, 3.8) is 0 Å². The van der Waals surface area contributed by atoms with E-state index in [1.807, 2.05) is 0 Å². The molecule has 0 radical (unpaired) electrons. The number of rotatable bonds is 7. The van der Waals surface area contributed by atoms with Gasteiger partial charge in [-0.2, -0.15) is 0 Å². The first-order valence-corrected chi connectivity index (χ1v) is 10.5. The summed E-state index contributed by atoms with van der Waals surface area (Å²) in [5, 5.41) is 14.0. The van der Waals surface area contributed by atoms with Gasteiger partial charge in [0.25, 0.3) is 0 Å². The second-order valence-electron chi connectivity index (χ2n) is 7.05. The molecule has 178 valence electrons. The Morgan fingerprint density at radius 2 is 1.53 bits per heavy atom. The molecule has 0 unspecified atom stereocenters. The normalized spacial score (nSPS) is 11.1. The molecule has 0 bridgehead atoms. The number of carboxylic acids is 1. The van der Waals surface area contributed by atoms with Gasteiger partial charge < -0.3 is 20.5 Å². The number of hydrogen-bond donors (Lipinski definition) is 3. The first-order valence-electron chi connectivity index (χ1n) is 9.70. The molecule has 11 heteroatoms. The average Bonchev–Trinajstić information content (AvgIpc) is 2.72. The molecule has 3 rings (SSSR count). The van der Waals surface area contributed by atoms with E-state index in [-0.39, 0.29) is 39.8 Å². The lowest BCUT2D eigenvalue weighted by molar-refractivity contribution is -0.274. The molecule has 3 aromatic carbocycles. The maximum Gasteiger partial charge on any atom is 0.573 e. The Labute approximate surface area is 202 Å². The molecular formula is C23H17Cl2F3N2O4. The zero-order valence-electron chi connectivity index (χ0n) is 17.2. The topological polar surface area (TPSA) is 87.7 Å². The largest absolute Gasteiger partial charge is 0.573 e. The van der Waals surface area contributed by atoms with Crippen LogP contribution >= 0.6 is 23.2 Å². The van der Waals surface area contributed by atoms with Crippen LogP contribution in [0.5, 0.6) is 5.75 Å². The number of para-hydroxylation sites is 1. The highest BCUT2D eigenvalue weighted by Crippen LogP contribution is 2.42. The van der Waals surface area contributed by atoms with Crippen LogP contribution in [0.2, 0.25) is 10.0 Å². The van der Waals surface area contributed by atoms with E-state index in [1.165, 1.54) is 30.3 Å². The molecule has 6 nitrogen and oxygen atoms in total. The number of alkyl halides is 3. The molecule has 0 fully saturated rings. The van der Waals surface area contributed by atoms with E-state index in [0.717, 1.165) is 11.6 Å². The van der Waals surface area contributed by atoms with Gasteiger partial charge in [-0.3, -0.25) is 4.79 Å². The summed E-state index contributed by atoms with van der Waals surface area (Å²) in [6.07, 6.45) is -5.00. The highest BCUT2D eigenvalue weighted by atomic mass is 35.5. The van der Waals surface area contributed by atoms with Crippen LogP contribution in [-0.2, 0) is 17.8 Å². The minimum absolute atomic E-state index is 0.00930. The van der Waals surface area contributed by atoms with Crippen molar-refractivity contribution in [2.24, 2.45) is 0 Å². The number of aliphatic carboxylic acids is 1. The summed E-state index contributed by atoms with van der Waals surface area (Å²) >= 11 is 12.6. The van der Waals surface area contributed by atoms with Crippen LogP contribution in [0, 0.1) is 0 Å². The van der Waals surface area contributed by atoms with Gasteiger partial charge in [0.05, 0.1) is 16.5 Å². The van der Waals surface area contributed by atoms with E-state index in [4.69, 9.17) is 28.3 Å². The molecular weight excluding hydrogens is 496 g/mol. The summed E-state index contributed by atoms with van der Waals surface area (Å²) in [4.78, 5) is 23.0. The van der Waals surface area contributed by atoms with Crippen LogP contribution in [0.15, 0.2) is 60.7 Å². The third-order valence-electron chi connectivity index (χ3n) is 4.51. The predicted octanol–water partition coefficient (Wildman–Crippen LogP) is 6.51. The van der Waals surface area contributed by atoms with E-state index in [2.05, 4.69) is 15.4 Å². The van der Waals surface area contributed by atoms with Crippen molar-refractivity contribution in [2.45, 2.75) is 19.3 Å². The SMILES string of the molecule is O=C(O)Cc1ccc(CNC(=O)Nc2cc(Cl)c(-c3ccccc3OC(F)(F)F)c(Cl)c2)cc1. The summed E-state index contributed by atoms with van der Waals surface area (Å²) in [6.45, 7) is 0.168. The van der Waals surface area contributed by atoms with E-state index in [0.29, 0.717) is 5.56 Å². The molecule has 0 atom stereocenters. The van der Waals surface area contributed by atoms with Crippen LogP contribution in [0.3, 0.4) is 0 Å². The number of halogens is 5. The Balaban J connectivity index is 1.70. The smallest absolute Gasteiger partial charge is 0.481 e. The lowest BCUT2D eigenvalue weighted by atomic mass is 10.0. The number of anilines is 1. The number of nitrogens with one attached hydrogen (secondary N) is 2. The van der Waals surface area contributed by atoms with Crippen LogP contribution in [0.1, 0.15) is 11.1 Å². The number of ether oxygens (including phenoxy) is 1.